The van der Waals surface area contributed by atoms with Gasteiger partial charge >= 0.3 is 0 Å². The van der Waals surface area contributed by atoms with Gasteiger partial charge in [-0.3, -0.25) is 38.6 Å². The first-order valence-corrected chi connectivity index (χ1v) is 19.2. The van der Waals surface area contributed by atoms with E-state index in [0.717, 1.165) is 5.56 Å². The molecule has 0 unspecified atom stereocenters. The number of carbonyl (C=O) groups is 7. The molecule has 19 nitrogen and oxygen atoms in total. The molecule has 13 N–H and O–H groups in total. The highest BCUT2D eigenvalue weighted by Gasteiger charge is 2.32. The molecular weight excluding hydrogens is 775 g/mol. The molecule has 322 valence electrons. The minimum atomic E-state index is -1.60. The molecule has 0 saturated heterocycles. The van der Waals surface area contributed by atoms with E-state index in [-0.39, 0.29) is 44.7 Å². The van der Waals surface area contributed by atoms with Crippen LogP contribution in [0.3, 0.4) is 0 Å². The molecular formula is C41H55N11O8. The molecule has 0 saturated carbocycles. The number of hydrogen-bond donors (Lipinski definition) is 10. The van der Waals surface area contributed by atoms with E-state index in [4.69, 9.17) is 17.2 Å². The highest BCUT2D eigenvalue weighted by atomic mass is 16.3. The van der Waals surface area contributed by atoms with E-state index in [1.54, 1.807) is 110 Å². The van der Waals surface area contributed by atoms with Gasteiger partial charge in [-0.05, 0) is 23.1 Å². The number of primary amides is 1. The number of aliphatic hydroxyl groups excluding tert-OH is 1. The fraction of sp³-hybridized carbons (Fsp3) is 0.366. The Kier molecular flexibility index (Phi) is 19.6. The molecule has 3 aromatic rings. The number of nitrogens with zero attached hydrogens (tertiary/aromatic N) is 2. The maximum atomic E-state index is 14.1. The van der Waals surface area contributed by atoms with Crippen molar-refractivity contribution in [3.63, 3.8) is 0 Å². The largest absolute Gasteiger partial charge is 0.394 e. The first-order chi connectivity index (χ1) is 28.7. The van der Waals surface area contributed by atoms with Crippen molar-refractivity contribution in [2.45, 2.75) is 55.9 Å². The zero-order chi connectivity index (χ0) is 44.0. The first-order valence-electron chi connectivity index (χ1n) is 19.2. The van der Waals surface area contributed by atoms with Crippen LogP contribution in [0.15, 0.2) is 96.0 Å². The molecule has 60 heavy (non-hydrogen) atoms. The van der Waals surface area contributed by atoms with Crippen molar-refractivity contribution in [1.29, 1.82) is 0 Å². The Morgan fingerprint density at radius 1 is 0.583 bits per heavy atom. The third-order valence-electron chi connectivity index (χ3n) is 9.02. The summed E-state index contributed by atoms with van der Waals surface area (Å²) in [5, 5.41) is 25.5. The number of nitrogens with two attached hydrogens (primary N) is 3. The maximum Gasteiger partial charge on any atom is 0.245 e. The first kappa shape index (κ1) is 47.5. The van der Waals surface area contributed by atoms with E-state index < -0.39 is 84.7 Å². The van der Waals surface area contributed by atoms with Gasteiger partial charge in [0, 0.05) is 39.9 Å². The number of rotatable bonds is 23. The van der Waals surface area contributed by atoms with E-state index in [0.29, 0.717) is 11.1 Å². The molecule has 0 aliphatic rings. The Morgan fingerprint density at radius 2 is 0.983 bits per heavy atom. The quantitative estimate of drug-likeness (QED) is 0.0339. The van der Waals surface area contributed by atoms with Crippen LogP contribution in [0.5, 0.6) is 0 Å². The second kappa shape index (κ2) is 24.8. The van der Waals surface area contributed by atoms with Crippen LogP contribution < -0.4 is 49.1 Å². The molecule has 0 radical (unpaired) electrons. The van der Waals surface area contributed by atoms with Crippen molar-refractivity contribution < 1.29 is 38.7 Å². The molecule has 0 spiro atoms. The summed E-state index contributed by atoms with van der Waals surface area (Å²) < 4.78 is 0. The molecule has 3 rings (SSSR count). The lowest BCUT2D eigenvalue weighted by atomic mass is 10.0. The fourth-order valence-corrected chi connectivity index (χ4v) is 5.69. The van der Waals surface area contributed by atoms with Gasteiger partial charge in [-0.25, -0.2) is 0 Å². The van der Waals surface area contributed by atoms with Crippen molar-refractivity contribution in [3.8, 4) is 0 Å². The van der Waals surface area contributed by atoms with Gasteiger partial charge in [0.2, 0.25) is 41.4 Å². The number of hydrogen-bond acceptors (Lipinski definition) is 10. The summed E-state index contributed by atoms with van der Waals surface area (Å²) in [5.74, 6) is -5.31. The van der Waals surface area contributed by atoms with Gasteiger partial charge in [0.25, 0.3) is 0 Å². The second-order valence-corrected chi connectivity index (χ2v) is 13.9. The lowest BCUT2D eigenvalue weighted by Gasteiger charge is -2.26. The third kappa shape index (κ3) is 16.5. The highest BCUT2D eigenvalue weighted by Crippen LogP contribution is 2.09. The van der Waals surface area contributed by atoms with Crippen LogP contribution in [0.2, 0.25) is 0 Å². The van der Waals surface area contributed by atoms with Crippen molar-refractivity contribution in [2.75, 3.05) is 40.3 Å². The molecule has 0 aliphatic heterocycles. The van der Waals surface area contributed by atoms with Crippen LogP contribution in [0, 0.1) is 0 Å². The van der Waals surface area contributed by atoms with E-state index >= 15 is 0 Å². The normalized spacial score (nSPS) is 13.6. The molecule has 0 aromatic heterocycles. The van der Waals surface area contributed by atoms with Gasteiger partial charge in [0.15, 0.2) is 5.96 Å². The lowest BCUT2D eigenvalue weighted by molar-refractivity contribution is -0.135. The summed E-state index contributed by atoms with van der Waals surface area (Å²) in [6, 6.07) is 19.5. The van der Waals surface area contributed by atoms with Crippen molar-refractivity contribution in [2.24, 2.45) is 22.2 Å². The van der Waals surface area contributed by atoms with E-state index in [9.17, 15) is 38.7 Å². The number of carbonyl (C=O) groups excluding carboxylic acids is 7. The van der Waals surface area contributed by atoms with Gasteiger partial charge in [0.05, 0.1) is 19.7 Å². The lowest BCUT2D eigenvalue weighted by Crippen LogP contribution is -2.60. The topological polar surface area (TPSA) is 306 Å². The second-order valence-electron chi connectivity index (χ2n) is 13.9. The van der Waals surface area contributed by atoms with Crippen LogP contribution >= 0.6 is 0 Å². The van der Waals surface area contributed by atoms with Crippen molar-refractivity contribution in [3.05, 3.63) is 108 Å². The number of guanidine groups is 1. The maximum absolute atomic E-state index is 14.1. The number of amides is 7. The highest BCUT2D eigenvalue weighted by molar-refractivity contribution is 5.97. The molecule has 0 fully saturated rings. The average Bonchev–Trinajstić information content (AvgIpc) is 3.24. The number of nitrogens with one attached hydrogen (secondary N) is 6. The van der Waals surface area contributed by atoms with Gasteiger partial charge in [-0.1, -0.05) is 91.0 Å². The number of aliphatic hydroxyl groups is 1. The third-order valence-corrected chi connectivity index (χ3v) is 9.02. The van der Waals surface area contributed by atoms with Crippen LogP contribution in [-0.2, 0) is 52.8 Å². The van der Waals surface area contributed by atoms with Gasteiger partial charge in [-0.15, -0.1) is 0 Å². The standard InChI is InChI=1S/C41H55N11O8/c1-52(2)41(44)45-19-18-29(37(57)49-30(36(43)56)20-26-12-6-3-7-13-26)48-39(59)32(22-28-16-10-5-11-17-28)50-40(60)33(25-53)51-38(58)31(21-27-14-8-4-9-15-27)47-35(55)24-46-34(54)23-42/h3-17,29-33,53H,18-25,42H2,1-2H3,(H2,43,56)(H2,44,45)(H,46,54)(H,47,55)(H,48,59)(H,49,57)(H,50,60)(H,51,58)/t29-,30-,31-,32-,33-/m0/s1. The molecule has 0 bridgehead atoms. The Bertz CT molecular complexity index is 1920. The summed E-state index contributed by atoms with van der Waals surface area (Å²) in [7, 11) is 3.35. The summed E-state index contributed by atoms with van der Waals surface area (Å²) in [6.07, 6.45) is -0.0912. The predicted molar refractivity (Wildman–Crippen MR) is 223 cm³/mol. The summed E-state index contributed by atoms with van der Waals surface area (Å²) in [6.45, 7) is -1.74. The van der Waals surface area contributed by atoms with Gasteiger partial charge in [-0.2, -0.15) is 0 Å². The van der Waals surface area contributed by atoms with Crippen LogP contribution in [0.25, 0.3) is 0 Å². The Morgan fingerprint density at radius 3 is 1.43 bits per heavy atom. The minimum absolute atomic E-state index is 0.0162. The zero-order valence-corrected chi connectivity index (χ0v) is 33.6. The van der Waals surface area contributed by atoms with E-state index in [1.165, 1.54) is 0 Å². The van der Waals surface area contributed by atoms with E-state index in [2.05, 4.69) is 36.9 Å². The summed E-state index contributed by atoms with van der Waals surface area (Å²) in [5.41, 5.74) is 18.9. The Labute approximate surface area is 348 Å². The fourth-order valence-electron chi connectivity index (χ4n) is 5.69. The predicted octanol–water partition coefficient (Wildman–Crippen LogP) is -3.04. The van der Waals surface area contributed by atoms with E-state index in [1.807, 2.05) is 0 Å². The monoisotopic (exact) mass is 829 g/mol. The van der Waals surface area contributed by atoms with Crippen LogP contribution in [-0.4, -0.2) is 128 Å². The zero-order valence-electron chi connectivity index (χ0n) is 33.6. The SMILES string of the molecule is CN(C)C(N)=NCC[C@H](NC(=O)[C@H](Cc1ccccc1)NC(=O)[C@H](CO)NC(=O)[C@H](Cc1ccccc1)NC(=O)CNC(=O)CN)C(=O)N[C@@H](Cc1ccccc1)C(N)=O. The van der Waals surface area contributed by atoms with Crippen molar-refractivity contribution >= 4 is 47.3 Å². The Balaban J connectivity index is 1.86. The van der Waals surface area contributed by atoms with Gasteiger partial charge < -0.3 is 59.1 Å². The summed E-state index contributed by atoms with van der Waals surface area (Å²) in [4.78, 5) is 97.9. The summed E-state index contributed by atoms with van der Waals surface area (Å²) >= 11 is 0. The molecule has 5 atom stereocenters. The van der Waals surface area contributed by atoms with Crippen LogP contribution in [0.4, 0.5) is 0 Å². The van der Waals surface area contributed by atoms with Gasteiger partial charge in [0.1, 0.15) is 30.2 Å². The number of benzene rings is 3. The molecule has 0 aliphatic carbocycles. The minimum Gasteiger partial charge on any atom is -0.394 e. The molecule has 7 amide bonds. The van der Waals surface area contributed by atoms with Crippen LogP contribution in [0.1, 0.15) is 23.1 Å². The Hall–Kier alpha value is -6.86. The number of aliphatic imine (C=N–C) groups is 1. The average molecular weight is 830 g/mol. The molecule has 0 heterocycles. The molecule has 19 heteroatoms. The van der Waals surface area contributed by atoms with Crippen molar-refractivity contribution in [1.82, 2.24) is 36.8 Å². The molecule has 3 aromatic carbocycles. The smallest absolute Gasteiger partial charge is 0.245 e.